The van der Waals surface area contributed by atoms with Crippen molar-refractivity contribution >= 4 is 21.8 Å². The Morgan fingerprint density at radius 2 is 1.83 bits per heavy atom. The fourth-order valence-electron chi connectivity index (χ4n) is 3.19. The van der Waals surface area contributed by atoms with Crippen LogP contribution in [0.25, 0.3) is 0 Å². The Hall–Kier alpha value is -1.73. The molecule has 0 amide bonds. The van der Waals surface area contributed by atoms with Crippen molar-refractivity contribution in [2.24, 2.45) is 5.92 Å². The van der Waals surface area contributed by atoms with E-state index in [1.54, 1.807) is 26.0 Å². The Morgan fingerprint density at radius 1 is 1.25 bits per heavy atom. The van der Waals surface area contributed by atoms with E-state index in [4.69, 9.17) is 4.74 Å². The lowest BCUT2D eigenvalue weighted by molar-refractivity contribution is -0.150. The van der Waals surface area contributed by atoms with Crippen molar-refractivity contribution in [1.82, 2.24) is 4.31 Å². The topological polar surface area (TPSA) is 80.5 Å². The summed E-state index contributed by atoms with van der Waals surface area (Å²) < 4.78 is 32.0. The summed E-state index contributed by atoms with van der Waals surface area (Å²) in [4.78, 5) is 25.3. The summed E-state index contributed by atoms with van der Waals surface area (Å²) in [5, 5.41) is 0. The molecule has 2 fully saturated rings. The van der Waals surface area contributed by atoms with Crippen molar-refractivity contribution in [2.45, 2.75) is 50.1 Å². The molecule has 3 rings (SSSR count). The minimum atomic E-state index is -3.94. The van der Waals surface area contributed by atoms with Crippen molar-refractivity contribution in [2.75, 3.05) is 6.61 Å². The third-order valence-corrected chi connectivity index (χ3v) is 6.71. The SMILES string of the molecule is CCOC(=O)C1(C(=O)C2CC2)C(C)N1S(=O)(=O)c1ccc(C)cc1. The molecule has 1 aromatic rings. The van der Waals surface area contributed by atoms with Gasteiger partial charge < -0.3 is 4.74 Å². The van der Waals surface area contributed by atoms with Gasteiger partial charge in [-0.25, -0.2) is 13.2 Å². The molecule has 24 heavy (non-hydrogen) atoms. The van der Waals surface area contributed by atoms with Crippen molar-refractivity contribution in [3.8, 4) is 0 Å². The summed E-state index contributed by atoms with van der Waals surface area (Å²) in [5.74, 6) is -1.33. The Morgan fingerprint density at radius 3 is 2.33 bits per heavy atom. The van der Waals surface area contributed by atoms with Gasteiger partial charge in [0.25, 0.3) is 0 Å². The number of carbonyl (C=O) groups is 2. The standard InChI is InChI=1S/C17H21NO5S/c1-4-23-16(20)17(15(19)13-7-8-13)12(3)18(17)24(21,22)14-9-5-11(2)6-10-14/h5-6,9-10,12-13H,4,7-8H2,1-3H3. The molecule has 0 N–H and O–H groups in total. The molecule has 1 heterocycles. The maximum Gasteiger partial charge on any atom is 0.337 e. The average Bonchev–Trinajstić information content (AvgIpc) is 3.42. The smallest absolute Gasteiger partial charge is 0.337 e. The van der Waals surface area contributed by atoms with E-state index in [9.17, 15) is 18.0 Å². The molecule has 1 aliphatic carbocycles. The van der Waals surface area contributed by atoms with Crippen LogP contribution >= 0.6 is 0 Å². The molecule has 7 heteroatoms. The number of sulfonamides is 1. The lowest BCUT2D eigenvalue weighted by atomic mass is 9.97. The van der Waals surface area contributed by atoms with Crippen LogP contribution in [0, 0.1) is 12.8 Å². The first-order chi connectivity index (χ1) is 11.3. The van der Waals surface area contributed by atoms with Crippen molar-refractivity contribution in [1.29, 1.82) is 0 Å². The van der Waals surface area contributed by atoms with E-state index >= 15 is 0 Å². The monoisotopic (exact) mass is 351 g/mol. The zero-order chi connectivity index (χ0) is 17.7. The largest absolute Gasteiger partial charge is 0.464 e. The predicted molar refractivity (Wildman–Crippen MR) is 86.8 cm³/mol. The number of aryl methyl sites for hydroxylation is 1. The fraction of sp³-hybridized carbons (Fsp3) is 0.529. The number of hydrogen-bond donors (Lipinski definition) is 0. The number of esters is 1. The number of hydrogen-bond acceptors (Lipinski definition) is 5. The summed E-state index contributed by atoms with van der Waals surface area (Å²) in [7, 11) is -3.94. The third kappa shape index (κ3) is 2.38. The lowest BCUT2D eigenvalue weighted by Crippen LogP contribution is -2.43. The van der Waals surface area contributed by atoms with Gasteiger partial charge in [0.05, 0.1) is 17.5 Å². The van der Waals surface area contributed by atoms with E-state index in [-0.39, 0.29) is 23.2 Å². The van der Waals surface area contributed by atoms with Gasteiger partial charge in [-0.15, -0.1) is 0 Å². The van der Waals surface area contributed by atoms with Gasteiger partial charge >= 0.3 is 5.97 Å². The van der Waals surface area contributed by atoms with E-state index in [2.05, 4.69) is 0 Å². The lowest BCUT2D eigenvalue weighted by Gasteiger charge is -2.15. The highest BCUT2D eigenvalue weighted by atomic mass is 32.2. The maximum atomic E-state index is 13.0. The first kappa shape index (κ1) is 17.1. The number of carbonyl (C=O) groups excluding carboxylic acids is 2. The number of ketones is 1. The molecule has 6 nitrogen and oxygen atoms in total. The molecule has 0 spiro atoms. The third-order valence-electron chi connectivity index (χ3n) is 4.72. The molecule has 1 aromatic carbocycles. The van der Waals surface area contributed by atoms with Crippen LogP contribution in [0.15, 0.2) is 29.2 Å². The van der Waals surface area contributed by atoms with Crippen LogP contribution in [0.4, 0.5) is 0 Å². The Bertz CT molecular complexity index is 782. The number of benzene rings is 1. The molecule has 0 radical (unpaired) electrons. The summed E-state index contributed by atoms with van der Waals surface area (Å²) >= 11 is 0. The van der Waals surface area contributed by atoms with E-state index in [1.807, 2.05) is 6.92 Å². The molecule has 1 aliphatic heterocycles. The average molecular weight is 351 g/mol. The molecule has 1 saturated carbocycles. The van der Waals surface area contributed by atoms with Crippen LogP contribution in [0.3, 0.4) is 0 Å². The molecule has 3 unspecified atom stereocenters. The van der Waals surface area contributed by atoms with E-state index < -0.39 is 27.6 Å². The minimum Gasteiger partial charge on any atom is -0.464 e. The first-order valence-corrected chi connectivity index (χ1v) is 9.54. The zero-order valence-corrected chi connectivity index (χ0v) is 14.8. The zero-order valence-electron chi connectivity index (χ0n) is 14.0. The van der Waals surface area contributed by atoms with Crippen LogP contribution in [0.5, 0.6) is 0 Å². The molecule has 130 valence electrons. The molecule has 0 bridgehead atoms. The van der Waals surface area contributed by atoms with E-state index in [1.165, 1.54) is 12.1 Å². The van der Waals surface area contributed by atoms with Gasteiger partial charge in [-0.3, -0.25) is 4.79 Å². The highest BCUT2D eigenvalue weighted by Crippen LogP contribution is 2.52. The molecular weight excluding hydrogens is 330 g/mol. The van der Waals surface area contributed by atoms with Crippen LogP contribution in [-0.4, -0.2) is 42.7 Å². The van der Waals surface area contributed by atoms with E-state index in [0.29, 0.717) is 12.8 Å². The highest BCUT2D eigenvalue weighted by Gasteiger charge is 2.77. The van der Waals surface area contributed by atoms with Gasteiger partial charge in [-0.1, -0.05) is 17.7 Å². The van der Waals surface area contributed by atoms with Crippen LogP contribution in [-0.2, 0) is 24.3 Å². The normalized spacial score (nSPS) is 29.1. The molecular formula is C17H21NO5S. The van der Waals surface area contributed by atoms with Crippen molar-refractivity contribution in [3.05, 3.63) is 29.8 Å². The van der Waals surface area contributed by atoms with Gasteiger partial charge in [-0.05, 0) is 45.7 Å². The number of rotatable bonds is 6. The van der Waals surface area contributed by atoms with Gasteiger partial charge in [0.1, 0.15) is 0 Å². The first-order valence-electron chi connectivity index (χ1n) is 8.10. The van der Waals surface area contributed by atoms with Gasteiger partial charge in [-0.2, -0.15) is 4.31 Å². The molecule has 0 aromatic heterocycles. The van der Waals surface area contributed by atoms with Gasteiger partial charge in [0, 0.05) is 5.92 Å². The Balaban J connectivity index is 2.01. The second kappa shape index (κ2) is 5.67. The number of Topliss-reactive ketones (excluding diaryl/α,β-unsaturated/α-hetero) is 1. The quantitative estimate of drug-likeness (QED) is 0.442. The second-order valence-corrected chi connectivity index (χ2v) is 8.23. The van der Waals surface area contributed by atoms with Crippen LogP contribution in [0.1, 0.15) is 32.3 Å². The maximum absolute atomic E-state index is 13.0. The summed E-state index contributed by atoms with van der Waals surface area (Å²) in [5.41, 5.74) is -0.764. The molecule has 2 aliphatic rings. The summed E-state index contributed by atoms with van der Waals surface area (Å²) in [6.07, 6.45) is 1.40. The summed E-state index contributed by atoms with van der Waals surface area (Å²) in [6.45, 7) is 5.18. The summed E-state index contributed by atoms with van der Waals surface area (Å²) in [6, 6.07) is 5.64. The number of ether oxygens (including phenoxy) is 1. The molecule has 1 saturated heterocycles. The Labute approximate surface area is 141 Å². The number of nitrogens with zero attached hydrogens (tertiary/aromatic N) is 1. The van der Waals surface area contributed by atoms with Gasteiger partial charge in [0.15, 0.2) is 5.78 Å². The highest BCUT2D eigenvalue weighted by molar-refractivity contribution is 7.89. The van der Waals surface area contributed by atoms with Crippen molar-refractivity contribution < 1.29 is 22.7 Å². The van der Waals surface area contributed by atoms with Gasteiger partial charge in [0.2, 0.25) is 15.6 Å². The second-order valence-electron chi connectivity index (χ2n) is 6.42. The van der Waals surface area contributed by atoms with Crippen LogP contribution < -0.4 is 0 Å². The van der Waals surface area contributed by atoms with E-state index in [0.717, 1.165) is 9.87 Å². The van der Waals surface area contributed by atoms with Crippen molar-refractivity contribution in [3.63, 3.8) is 0 Å². The fourth-order valence-corrected chi connectivity index (χ4v) is 5.12. The van der Waals surface area contributed by atoms with Crippen LogP contribution in [0.2, 0.25) is 0 Å². The predicted octanol–water partition coefficient (Wildman–Crippen LogP) is 1.67. The molecule has 3 atom stereocenters. The minimum absolute atomic E-state index is 0.0784. The Kier molecular flexibility index (Phi) is 4.04.